The first-order chi connectivity index (χ1) is 7.63. The smallest absolute Gasteiger partial charge is 0.320 e. The van der Waals surface area contributed by atoms with Gasteiger partial charge in [-0.1, -0.05) is 33.1 Å². The van der Waals surface area contributed by atoms with Crippen molar-refractivity contribution < 1.29 is 9.53 Å². The molecule has 0 spiro atoms. The Bertz CT molecular complexity index is 183. The summed E-state index contributed by atoms with van der Waals surface area (Å²) >= 11 is 0. The topological polar surface area (TPSA) is 29.5 Å². The highest BCUT2D eigenvalue weighted by Crippen LogP contribution is 2.13. The van der Waals surface area contributed by atoms with Gasteiger partial charge in [0.25, 0.3) is 0 Å². The van der Waals surface area contributed by atoms with Crippen LogP contribution in [0.2, 0.25) is 0 Å². The third-order valence-electron chi connectivity index (χ3n) is 2.82. The number of hydrogen-bond acceptors (Lipinski definition) is 3. The van der Waals surface area contributed by atoms with Crippen molar-refractivity contribution in [3.63, 3.8) is 0 Å². The maximum atomic E-state index is 11.3. The van der Waals surface area contributed by atoms with Gasteiger partial charge in [-0.3, -0.25) is 9.69 Å². The molecule has 0 N–H and O–H groups in total. The van der Waals surface area contributed by atoms with Gasteiger partial charge < -0.3 is 4.74 Å². The fourth-order valence-electron chi connectivity index (χ4n) is 1.85. The van der Waals surface area contributed by atoms with Gasteiger partial charge in [-0.15, -0.1) is 0 Å². The van der Waals surface area contributed by atoms with E-state index in [0.29, 0.717) is 19.1 Å². The predicted octanol–water partition coefficient (Wildman–Crippen LogP) is 2.70. The average molecular weight is 229 g/mol. The number of carbonyl (C=O) groups excluding carboxylic acids is 1. The number of nitrogens with zero attached hydrogens (tertiary/aromatic N) is 1. The Labute approximate surface area is 100 Å². The van der Waals surface area contributed by atoms with E-state index in [0.717, 1.165) is 6.54 Å². The molecule has 3 nitrogen and oxygen atoms in total. The standard InChI is InChI=1S/C13H27NO2/c1-5-8-9-12(6-2)10-14(4)11-13(15)16-7-3/h12H,5-11H2,1-4H3. The van der Waals surface area contributed by atoms with E-state index in [-0.39, 0.29) is 5.97 Å². The molecular weight excluding hydrogens is 202 g/mol. The lowest BCUT2D eigenvalue weighted by molar-refractivity contribution is -0.144. The highest BCUT2D eigenvalue weighted by molar-refractivity contribution is 5.71. The van der Waals surface area contributed by atoms with Gasteiger partial charge in [-0.05, 0) is 26.3 Å². The van der Waals surface area contributed by atoms with Gasteiger partial charge in [0.2, 0.25) is 0 Å². The molecule has 0 bridgehead atoms. The van der Waals surface area contributed by atoms with Crippen molar-refractivity contribution in [1.82, 2.24) is 4.90 Å². The summed E-state index contributed by atoms with van der Waals surface area (Å²) in [6.07, 6.45) is 4.98. The zero-order valence-electron chi connectivity index (χ0n) is 11.3. The number of ether oxygens (including phenoxy) is 1. The Balaban J connectivity index is 3.81. The van der Waals surface area contributed by atoms with Crippen molar-refractivity contribution >= 4 is 5.97 Å². The van der Waals surface area contributed by atoms with Gasteiger partial charge in [0.05, 0.1) is 13.2 Å². The van der Waals surface area contributed by atoms with E-state index < -0.39 is 0 Å². The van der Waals surface area contributed by atoms with Crippen LogP contribution in [0.5, 0.6) is 0 Å². The number of rotatable bonds is 9. The Kier molecular flexibility index (Phi) is 9.30. The Morgan fingerprint density at radius 1 is 1.31 bits per heavy atom. The van der Waals surface area contributed by atoms with Gasteiger partial charge in [0, 0.05) is 6.54 Å². The molecule has 0 saturated heterocycles. The van der Waals surface area contributed by atoms with Crippen LogP contribution >= 0.6 is 0 Å². The fourth-order valence-corrected chi connectivity index (χ4v) is 1.85. The first-order valence-corrected chi connectivity index (χ1v) is 6.48. The molecule has 16 heavy (non-hydrogen) atoms. The SMILES string of the molecule is CCCCC(CC)CN(C)CC(=O)OCC. The second-order valence-corrected chi connectivity index (χ2v) is 4.42. The Hall–Kier alpha value is -0.570. The highest BCUT2D eigenvalue weighted by atomic mass is 16.5. The summed E-state index contributed by atoms with van der Waals surface area (Å²) in [6, 6.07) is 0. The quantitative estimate of drug-likeness (QED) is 0.569. The lowest BCUT2D eigenvalue weighted by Gasteiger charge is -2.22. The van der Waals surface area contributed by atoms with Crippen LogP contribution in [0.3, 0.4) is 0 Å². The van der Waals surface area contributed by atoms with E-state index in [2.05, 4.69) is 18.7 Å². The number of likely N-dealkylation sites (N-methyl/N-ethyl adjacent to an activating group) is 1. The summed E-state index contributed by atoms with van der Waals surface area (Å²) in [5.74, 6) is 0.592. The average Bonchev–Trinajstić information content (AvgIpc) is 2.24. The molecule has 3 heteroatoms. The maximum Gasteiger partial charge on any atom is 0.320 e. The fraction of sp³-hybridized carbons (Fsp3) is 0.923. The molecule has 0 amide bonds. The van der Waals surface area contributed by atoms with Gasteiger partial charge in [0.1, 0.15) is 0 Å². The normalized spacial score (nSPS) is 12.8. The van der Waals surface area contributed by atoms with E-state index in [1.165, 1.54) is 25.7 Å². The Morgan fingerprint density at radius 3 is 2.50 bits per heavy atom. The van der Waals surface area contributed by atoms with Crippen molar-refractivity contribution in [2.75, 3.05) is 26.7 Å². The second-order valence-electron chi connectivity index (χ2n) is 4.42. The van der Waals surface area contributed by atoms with Crippen LogP contribution in [0, 0.1) is 5.92 Å². The van der Waals surface area contributed by atoms with Crippen molar-refractivity contribution in [3.05, 3.63) is 0 Å². The summed E-state index contributed by atoms with van der Waals surface area (Å²) in [4.78, 5) is 13.3. The molecule has 0 rings (SSSR count). The van der Waals surface area contributed by atoms with Gasteiger partial charge in [-0.25, -0.2) is 0 Å². The zero-order valence-corrected chi connectivity index (χ0v) is 11.3. The lowest BCUT2D eigenvalue weighted by atomic mass is 9.99. The summed E-state index contributed by atoms with van der Waals surface area (Å²) < 4.78 is 4.93. The monoisotopic (exact) mass is 229 g/mol. The molecule has 0 aliphatic rings. The van der Waals surface area contributed by atoms with Gasteiger partial charge >= 0.3 is 5.97 Å². The molecular formula is C13H27NO2. The zero-order chi connectivity index (χ0) is 12.4. The number of unbranched alkanes of at least 4 members (excludes halogenated alkanes) is 1. The summed E-state index contributed by atoms with van der Waals surface area (Å²) in [5, 5.41) is 0. The largest absolute Gasteiger partial charge is 0.465 e. The van der Waals surface area contributed by atoms with E-state index in [4.69, 9.17) is 4.74 Å². The van der Waals surface area contributed by atoms with E-state index in [9.17, 15) is 4.79 Å². The highest BCUT2D eigenvalue weighted by Gasteiger charge is 2.12. The maximum absolute atomic E-state index is 11.3. The van der Waals surface area contributed by atoms with Crippen molar-refractivity contribution in [1.29, 1.82) is 0 Å². The minimum absolute atomic E-state index is 0.115. The second kappa shape index (κ2) is 9.64. The number of esters is 1. The lowest BCUT2D eigenvalue weighted by Crippen LogP contribution is -2.31. The molecule has 0 aromatic heterocycles. The molecule has 1 atom stereocenters. The first-order valence-electron chi connectivity index (χ1n) is 6.48. The first kappa shape index (κ1) is 15.4. The van der Waals surface area contributed by atoms with Crippen LogP contribution < -0.4 is 0 Å². The van der Waals surface area contributed by atoms with Crippen LogP contribution in [-0.4, -0.2) is 37.6 Å². The summed E-state index contributed by atoms with van der Waals surface area (Å²) in [7, 11) is 1.99. The molecule has 0 aromatic rings. The van der Waals surface area contributed by atoms with E-state index in [1.54, 1.807) is 0 Å². The molecule has 0 saturated carbocycles. The van der Waals surface area contributed by atoms with Crippen LogP contribution in [-0.2, 0) is 9.53 Å². The molecule has 0 fully saturated rings. The van der Waals surface area contributed by atoms with Gasteiger partial charge in [-0.2, -0.15) is 0 Å². The summed E-state index contributed by atoms with van der Waals surface area (Å²) in [6.45, 7) is 8.16. The van der Waals surface area contributed by atoms with Crippen molar-refractivity contribution in [2.24, 2.45) is 5.92 Å². The Morgan fingerprint density at radius 2 is 2.00 bits per heavy atom. The van der Waals surface area contributed by atoms with E-state index in [1.807, 2.05) is 14.0 Å². The molecule has 0 heterocycles. The predicted molar refractivity (Wildman–Crippen MR) is 67.4 cm³/mol. The molecule has 96 valence electrons. The molecule has 0 aromatic carbocycles. The van der Waals surface area contributed by atoms with Crippen LogP contribution in [0.25, 0.3) is 0 Å². The minimum atomic E-state index is -0.115. The summed E-state index contributed by atoms with van der Waals surface area (Å²) in [5.41, 5.74) is 0. The third-order valence-corrected chi connectivity index (χ3v) is 2.82. The van der Waals surface area contributed by atoms with Crippen LogP contribution in [0.4, 0.5) is 0 Å². The number of hydrogen-bond donors (Lipinski definition) is 0. The van der Waals surface area contributed by atoms with Gasteiger partial charge in [0.15, 0.2) is 0 Å². The van der Waals surface area contributed by atoms with Crippen molar-refractivity contribution in [3.8, 4) is 0 Å². The molecule has 0 aliphatic heterocycles. The van der Waals surface area contributed by atoms with Crippen molar-refractivity contribution in [2.45, 2.75) is 46.5 Å². The van der Waals surface area contributed by atoms with E-state index >= 15 is 0 Å². The minimum Gasteiger partial charge on any atom is -0.465 e. The van der Waals surface area contributed by atoms with Crippen LogP contribution in [0.15, 0.2) is 0 Å². The molecule has 1 unspecified atom stereocenters. The third kappa shape index (κ3) is 7.69. The van der Waals surface area contributed by atoms with Crippen LogP contribution in [0.1, 0.15) is 46.5 Å². The molecule has 0 radical (unpaired) electrons. The number of carbonyl (C=O) groups is 1. The molecule has 0 aliphatic carbocycles.